The first-order valence-electron chi connectivity index (χ1n) is 14.1. The van der Waals surface area contributed by atoms with Gasteiger partial charge >= 0.3 is 11.9 Å². The highest BCUT2D eigenvalue weighted by Gasteiger charge is 2.69. The molecule has 0 amide bonds. The van der Waals surface area contributed by atoms with Crippen LogP contribution in [-0.2, 0) is 33.3 Å². The summed E-state index contributed by atoms with van der Waals surface area (Å²) in [6.45, 7) is 11.3. The number of hydrogen-bond donors (Lipinski definition) is 2. The fraction of sp³-hybridized carbons (Fsp3) is 0.613. The van der Waals surface area contributed by atoms with E-state index in [0.717, 1.165) is 5.57 Å². The Labute approximate surface area is 235 Å². The van der Waals surface area contributed by atoms with Crippen molar-refractivity contribution in [3.63, 3.8) is 0 Å². The highest BCUT2D eigenvalue weighted by Crippen LogP contribution is 2.61. The van der Waals surface area contributed by atoms with Gasteiger partial charge in [0.1, 0.15) is 30.0 Å². The number of carbonyl (C=O) groups is 2. The molecule has 4 bridgehead atoms. The molecule has 2 fully saturated rings. The molecule has 1 saturated heterocycles. The molecule has 1 saturated carbocycles. The summed E-state index contributed by atoms with van der Waals surface area (Å²) in [4.78, 5) is 26.4. The Bertz CT molecular complexity index is 1170. The van der Waals surface area contributed by atoms with Crippen molar-refractivity contribution in [3.8, 4) is 0 Å². The average Bonchev–Trinajstić information content (AvgIpc) is 3.50. The number of hydrogen-bond acceptors (Lipinski definition) is 9. The lowest BCUT2D eigenvalue weighted by Gasteiger charge is -2.49. The first-order chi connectivity index (χ1) is 19.0. The van der Waals surface area contributed by atoms with Gasteiger partial charge in [-0.3, -0.25) is 0 Å². The molecule has 2 heterocycles. The molecule has 3 aliphatic carbocycles. The molecule has 1 spiro atoms. The second kappa shape index (κ2) is 10.8. The van der Waals surface area contributed by atoms with Crippen molar-refractivity contribution in [1.29, 1.82) is 0 Å². The number of rotatable bonds is 6. The normalized spacial score (nSPS) is 44.0. The molecule has 2 aliphatic heterocycles. The second-order valence-electron chi connectivity index (χ2n) is 11.9. The van der Waals surface area contributed by atoms with E-state index in [9.17, 15) is 14.7 Å². The van der Waals surface area contributed by atoms with Gasteiger partial charge in [-0.2, -0.15) is 0 Å². The van der Waals surface area contributed by atoms with Gasteiger partial charge in [0.15, 0.2) is 12.0 Å². The number of cyclic esters (lactones) is 1. The van der Waals surface area contributed by atoms with Gasteiger partial charge in [-0.15, -0.1) is 0 Å². The van der Waals surface area contributed by atoms with E-state index in [-0.39, 0.29) is 47.9 Å². The molecule has 12 atom stereocenters. The minimum absolute atomic E-state index is 0.0329. The van der Waals surface area contributed by atoms with E-state index in [2.05, 4.69) is 18.7 Å². The van der Waals surface area contributed by atoms with E-state index in [1.54, 1.807) is 13.0 Å². The maximum Gasteiger partial charge on any atom is 0.335 e. The standard InChI is InChI=1S/C31H41NO8/c1-15-13-16(2)31-21(14-23(36-6)30(35)38-26(15)18(4)37-19(5)32)11-12-22-24(31)25(33)17(3)27(28(22)40-31)39-29(34)20-9-7-8-10-20/h7-9,11-13,15,17-18,21-28,33H,5,10,14,32H2,1-4,6H3/b16-13+/t15-,17-,18-,21-,22-,23+,24+,25-,26+,27-,28-,31+/m1/s1. The van der Waals surface area contributed by atoms with Crippen molar-refractivity contribution in [2.24, 2.45) is 35.3 Å². The molecule has 5 rings (SSSR count). The van der Waals surface area contributed by atoms with Crippen LogP contribution in [0.25, 0.3) is 0 Å². The van der Waals surface area contributed by atoms with Crippen LogP contribution < -0.4 is 5.73 Å². The first-order valence-corrected chi connectivity index (χ1v) is 14.1. The monoisotopic (exact) mass is 555 g/mol. The Morgan fingerprint density at radius 1 is 1.30 bits per heavy atom. The lowest BCUT2D eigenvalue weighted by atomic mass is 9.57. The summed E-state index contributed by atoms with van der Waals surface area (Å²) in [7, 11) is 1.48. The van der Waals surface area contributed by atoms with Crippen molar-refractivity contribution in [3.05, 3.63) is 60.1 Å². The number of methoxy groups -OCH3 is 1. The number of aliphatic hydroxyl groups excluding tert-OH is 1. The summed E-state index contributed by atoms with van der Waals surface area (Å²) in [5.74, 6) is -2.24. The molecule has 9 nitrogen and oxygen atoms in total. The molecular weight excluding hydrogens is 514 g/mol. The second-order valence-corrected chi connectivity index (χ2v) is 11.9. The fourth-order valence-corrected chi connectivity index (χ4v) is 7.59. The molecule has 0 aromatic rings. The number of esters is 2. The summed E-state index contributed by atoms with van der Waals surface area (Å²) in [5.41, 5.74) is 6.28. The molecule has 9 heteroatoms. The molecule has 3 N–H and O–H groups in total. The number of nitrogens with two attached hydrogens (primary N) is 1. The minimum Gasteiger partial charge on any atom is -0.473 e. The number of carbonyl (C=O) groups excluding carboxylic acids is 2. The molecule has 0 unspecified atom stereocenters. The van der Waals surface area contributed by atoms with E-state index in [1.807, 2.05) is 39.0 Å². The molecule has 40 heavy (non-hydrogen) atoms. The third kappa shape index (κ3) is 4.62. The Hall–Kier alpha value is -2.88. The Balaban J connectivity index is 1.55. The van der Waals surface area contributed by atoms with Gasteiger partial charge in [-0.25, -0.2) is 9.59 Å². The van der Waals surface area contributed by atoms with Gasteiger partial charge in [0, 0.05) is 42.3 Å². The molecular formula is C31H41NO8. The van der Waals surface area contributed by atoms with Crippen molar-refractivity contribution < 1.29 is 38.4 Å². The molecule has 5 aliphatic rings. The molecule has 0 aromatic heterocycles. The summed E-state index contributed by atoms with van der Waals surface area (Å²) >= 11 is 0. The van der Waals surface area contributed by atoms with Crippen molar-refractivity contribution >= 4 is 11.9 Å². The Kier molecular flexibility index (Phi) is 7.76. The topological polar surface area (TPSA) is 127 Å². The lowest BCUT2D eigenvalue weighted by Crippen LogP contribution is -2.57. The zero-order valence-electron chi connectivity index (χ0n) is 23.8. The highest BCUT2D eigenvalue weighted by atomic mass is 16.6. The van der Waals surface area contributed by atoms with Gasteiger partial charge in [-0.1, -0.05) is 50.3 Å². The number of aliphatic hydroxyl groups is 1. The first kappa shape index (κ1) is 28.6. The van der Waals surface area contributed by atoms with Gasteiger partial charge in [0.05, 0.1) is 6.10 Å². The van der Waals surface area contributed by atoms with E-state index >= 15 is 0 Å². The number of ether oxygens (including phenoxy) is 5. The van der Waals surface area contributed by atoms with Crippen LogP contribution in [-0.4, -0.2) is 66.4 Å². The smallest absolute Gasteiger partial charge is 0.335 e. The largest absolute Gasteiger partial charge is 0.473 e. The van der Waals surface area contributed by atoms with E-state index in [0.29, 0.717) is 12.0 Å². The summed E-state index contributed by atoms with van der Waals surface area (Å²) in [6, 6.07) is 0. The van der Waals surface area contributed by atoms with Gasteiger partial charge in [-0.05, 0) is 38.8 Å². The molecule has 0 aromatic carbocycles. The maximum atomic E-state index is 13.4. The summed E-state index contributed by atoms with van der Waals surface area (Å²) < 4.78 is 30.3. The van der Waals surface area contributed by atoms with Crippen LogP contribution >= 0.6 is 0 Å². The third-order valence-electron chi connectivity index (χ3n) is 9.48. The zero-order valence-corrected chi connectivity index (χ0v) is 23.8. The van der Waals surface area contributed by atoms with Crippen molar-refractivity contribution in [2.75, 3.05) is 7.11 Å². The van der Waals surface area contributed by atoms with Gasteiger partial charge < -0.3 is 34.5 Å². The van der Waals surface area contributed by atoms with Crippen molar-refractivity contribution in [1.82, 2.24) is 0 Å². The average molecular weight is 556 g/mol. The maximum absolute atomic E-state index is 13.4. The number of allylic oxidation sites excluding steroid dienone is 3. The molecule has 0 radical (unpaired) electrons. The van der Waals surface area contributed by atoms with Crippen LogP contribution in [0.4, 0.5) is 0 Å². The third-order valence-corrected chi connectivity index (χ3v) is 9.48. The van der Waals surface area contributed by atoms with E-state index < -0.39 is 48.2 Å². The Morgan fingerprint density at radius 3 is 2.70 bits per heavy atom. The van der Waals surface area contributed by atoms with Crippen LogP contribution in [0.3, 0.4) is 0 Å². The van der Waals surface area contributed by atoms with Crippen LogP contribution in [0.15, 0.2) is 60.1 Å². The SMILES string of the molecule is C=C(N)O[C@H](C)[C@H]1OC(=O)[C@@H](OC)C[C@H]2C=C[C@H]3[C@H]4O[C@]2(/C(C)=C/[C@H]1C)[C@@H]3[C@H](O)[C@@H](C)[C@H]4OC(=O)C1=CC=CC1. The van der Waals surface area contributed by atoms with Crippen LogP contribution in [0.5, 0.6) is 0 Å². The Morgan fingerprint density at radius 2 is 2.05 bits per heavy atom. The molecule has 218 valence electrons. The minimum atomic E-state index is -0.929. The predicted molar refractivity (Wildman–Crippen MR) is 146 cm³/mol. The van der Waals surface area contributed by atoms with E-state index in [4.69, 9.17) is 29.4 Å². The van der Waals surface area contributed by atoms with Gasteiger partial charge in [0.25, 0.3) is 0 Å². The van der Waals surface area contributed by atoms with Crippen LogP contribution in [0.2, 0.25) is 0 Å². The van der Waals surface area contributed by atoms with Gasteiger partial charge in [0.2, 0.25) is 0 Å². The van der Waals surface area contributed by atoms with Crippen LogP contribution in [0.1, 0.15) is 40.5 Å². The summed E-state index contributed by atoms with van der Waals surface area (Å²) in [6.07, 6.45) is 8.50. The lowest BCUT2D eigenvalue weighted by molar-refractivity contribution is -0.173. The summed E-state index contributed by atoms with van der Waals surface area (Å²) in [5, 5.41) is 11.8. The van der Waals surface area contributed by atoms with E-state index in [1.165, 1.54) is 7.11 Å². The van der Waals surface area contributed by atoms with Crippen molar-refractivity contribution in [2.45, 2.75) is 82.8 Å². The predicted octanol–water partition coefficient (Wildman–Crippen LogP) is 3.10. The quantitative estimate of drug-likeness (QED) is 0.289. The zero-order chi connectivity index (χ0) is 28.9. The van der Waals surface area contributed by atoms with Crippen LogP contribution in [0, 0.1) is 29.6 Å². The highest BCUT2D eigenvalue weighted by molar-refractivity contribution is 5.90. The fourth-order valence-electron chi connectivity index (χ4n) is 7.59.